The number of primary amides is 1. The molecular formula is C28H36FFmN6O5-. The Balaban J connectivity index is 0.00000201. The second-order valence-electron chi connectivity index (χ2n) is 9.01. The van der Waals surface area contributed by atoms with Gasteiger partial charge in [0.25, 0.3) is 5.91 Å². The number of carbonyl (C=O) groups is 3. The van der Waals surface area contributed by atoms with Crippen LogP contribution in [0.1, 0.15) is 27.0 Å². The molecule has 5 N–H and O–H groups in total. The zero-order valence-corrected chi connectivity index (χ0v) is 25.3. The van der Waals surface area contributed by atoms with Gasteiger partial charge in [0.15, 0.2) is 0 Å². The number of nitrogens with two attached hydrogens (primary N) is 2. The van der Waals surface area contributed by atoms with Gasteiger partial charge in [0.05, 0.1) is 25.3 Å². The SMILES string of the molecule is Cc1ccccc1C(=N)Cc1ccc(F)c(C(=O)N2CCN(C(=O)CN([C-]=O)CCOCCN)CC2)c1.NC=O.[Fm]. The number of ether oxygens (including phenoxy) is 1. The van der Waals surface area contributed by atoms with Crippen molar-refractivity contribution in [3.05, 3.63) is 70.5 Å². The molecule has 2 aromatic rings. The first-order chi connectivity index (χ1) is 19.2. The first kappa shape index (κ1) is 33.9. The molecule has 228 valence electrons. The van der Waals surface area contributed by atoms with Gasteiger partial charge < -0.3 is 41.1 Å². The Morgan fingerprint density at radius 3 is 2.34 bits per heavy atom. The summed E-state index contributed by atoms with van der Waals surface area (Å²) in [6, 6.07) is 11.9. The number of carbonyl (C=O) groups excluding carboxylic acids is 4. The molecular weight excluding hydrogens is 776 g/mol. The zero-order chi connectivity index (χ0) is 29.5. The van der Waals surface area contributed by atoms with Crippen LogP contribution in [-0.4, -0.2) is 104 Å². The van der Waals surface area contributed by atoms with Crippen molar-refractivity contribution >= 4 is 30.3 Å². The van der Waals surface area contributed by atoms with Crippen molar-refractivity contribution in [1.82, 2.24) is 14.7 Å². The topological polar surface area (TPSA) is 163 Å². The summed E-state index contributed by atoms with van der Waals surface area (Å²) in [6.07, 6.45) is 2.26. The van der Waals surface area contributed by atoms with Crippen LogP contribution in [0.4, 0.5) is 4.39 Å². The van der Waals surface area contributed by atoms with E-state index >= 15 is 0 Å². The van der Waals surface area contributed by atoms with E-state index < -0.39 is 11.7 Å². The Morgan fingerprint density at radius 2 is 1.73 bits per heavy atom. The van der Waals surface area contributed by atoms with Crippen molar-refractivity contribution in [2.45, 2.75) is 13.3 Å². The normalized spacial score (nSPS) is 12.4. The minimum absolute atomic E-state index is 0. The molecule has 1 aliphatic heterocycles. The number of piperazine rings is 1. The summed E-state index contributed by atoms with van der Waals surface area (Å²) < 4.78 is 19.8. The van der Waals surface area contributed by atoms with Crippen molar-refractivity contribution in [2.75, 3.05) is 59.0 Å². The van der Waals surface area contributed by atoms with Crippen LogP contribution >= 0.6 is 0 Å². The van der Waals surface area contributed by atoms with Crippen LogP contribution in [0.15, 0.2) is 42.5 Å². The Kier molecular flexibility index (Phi) is 14.4. The van der Waals surface area contributed by atoms with Crippen molar-refractivity contribution in [3.63, 3.8) is 0 Å². The third-order valence-corrected chi connectivity index (χ3v) is 6.25. The van der Waals surface area contributed by atoms with Gasteiger partial charge in [0.1, 0.15) is 5.82 Å². The number of benzene rings is 2. The molecule has 0 radical (unpaired) electrons. The summed E-state index contributed by atoms with van der Waals surface area (Å²) in [5.74, 6) is -1.32. The molecule has 0 spiro atoms. The number of amides is 4. The molecule has 1 heterocycles. The number of hydrogen-bond donors (Lipinski definition) is 3. The summed E-state index contributed by atoms with van der Waals surface area (Å²) in [7, 11) is 0. The summed E-state index contributed by atoms with van der Waals surface area (Å²) >= 11 is 0. The van der Waals surface area contributed by atoms with Crippen LogP contribution in [0.2, 0.25) is 0 Å². The third kappa shape index (κ3) is 10.2. The van der Waals surface area contributed by atoms with Crippen LogP contribution in [0, 0.1) is 18.2 Å². The van der Waals surface area contributed by atoms with Crippen LogP contribution in [-0.2, 0) is 25.5 Å². The van der Waals surface area contributed by atoms with Gasteiger partial charge >= 0.3 is 0 Å². The smallest absolute Gasteiger partial charge is 0.256 e. The van der Waals surface area contributed by atoms with Gasteiger partial charge in [0.2, 0.25) is 12.3 Å². The van der Waals surface area contributed by atoms with E-state index in [1.807, 2.05) is 31.2 Å². The molecule has 0 unspecified atom stereocenters. The van der Waals surface area contributed by atoms with Gasteiger partial charge in [-0.15, -0.1) is 0 Å². The second kappa shape index (κ2) is 17.4. The fourth-order valence-electron chi connectivity index (χ4n) is 4.17. The summed E-state index contributed by atoms with van der Waals surface area (Å²) in [6.45, 7) is 4.08. The first-order valence-electron chi connectivity index (χ1n) is 12.8. The van der Waals surface area contributed by atoms with Gasteiger partial charge in [-0.1, -0.05) is 30.3 Å². The minimum Gasteiger partial charge on any atom is -0.520 e. The maximum absolute atomic E-state index is 14.6. The molecule has 4 amide bonds. The molecule has 0 bridgehead atoms. The first-order valence-corrected chi connectivity index (χ1v) is 12.8. The molecule has 1 aliphatic rings. The molecule has 3 rings (SSSR count). The molecule has 0 aliphatic carbocycles. The van der Waals surface area contributed by atoms with Crippen LogP contribution in [0.5, 0.6) is 0 Å². The maximum atomic E-state index is 14.6. The number of halogens is 1. The van der Waals surface area contributed by atoms with Crippen molar-refractivity contribution in [1.29, 1.82) is 5.41 Å². The Morgan fingerprint density at radius 1 is 1.10 bits per heavy atom. The molecule has 2 aromatic carbocycles. The molecule has 0 saturated carbocycles. The molecule has 0 atom stereocenters. The fraction of sp³-hybridized carbons (Fsp3) is 0.393. The van der Waals surface area contributed by atoms with Crippen molar-refractivity contribution in [2.24, 2.45) is 11.5 Å². The molecule has 1 saturated heterocycles. The molecule has 13 heteroatoms. The third-order valence-electron chi connectivity index (χ3n) is 6.25. The molecule has 41 heavy (non-hydrogen) atoms. The van der Waals surface area contributed by atoms with Crippen molar-refractivity contribution in [3.8, 4) is 0 Å². The number of rotatable bonds is 12. The number of nitrogens with zero attached hydrogens (tertiary/aromatic N) is 3. The summed E-state index contributed by atoms with van der Waals surface area (Å²) in [5, 5.41) is 8.45. The predicted molar refractivity (Wildman–Crippen MR) is 148 cm³/mol. The molecule has 0 aromatic heterocycles. The fourth-order valence-corrected chi connectivity index (χ4v) is 4.17. The van der Waals surface area contributed by atoms with Gasteiger partial charge in [-0.3, -0.25) is 14.4 Å². The van der Waals surface area contributed by atoms with E-state index in [-0.39, 0.29) is 70.2 Å². The van der Waals surface area contributed by atoms with E-state index in [0.717, 1.165) is 11.1 Å². The van der Waals surface area contributed by atoms with E-state index in [1.165, 1.54) is 21.9 Å². The molecule has 1 fully saturated rings. The molecule has 11 nitrogen and oxygen atoms in total. The second-order valence-corrected chi connectivity index (χ2v) is 9.01. The van der Waals surface area contributed by atoms with Gasteiger partial charge in [-0.05, 0) is 35.7 Å². The Labute approximate surface area is 233 Å². The van der Waals surface area contributed by atoms with Gasteiger partial charge in [0, 0.05) is 51.4 Å². The van der Waals surface area contributed by atoms with Gasteiger partial charge in [-0.2, -0.15) is 6.41 Å². The zero-order valence-electron chi connectivity index (χ0n) is 22.9. The largest absolute Gasteiger partial charge is 0.520 e. The standard InChI is InChI=1S/C27H33FN5O4.CH3NO.Fm/c1-20-4-2-3-5-22(20)25(30)17-21-6-7-24(28)23(16-21)27(36)33-11-9-32(10-12-33)26(35)18-31(19-34)13-15-37-14-8-29;2-1-3;/h2-7,16,30H,8-15,17-18,29H2,1H3;1H,(H2,2,3);/q-1;;. The van der Waals surface area contributed by atoms with E-state index in [2.05, 4.69) is 5.73 Å². The van der Waals surface area contributed by atoms with Crippen LogP contribution < -0.4 is 11.5 Å². The Bertz CT molecular complexity index is 1180. The Hall–Kier alpha value is -5.16. The number of nitrogens with one attached hydrogen (secondary N) is 1. The quantitative estimate of drug-likeness (QED) is 0.0929. The number of hydrogen-bond acceptors (Lipinski definition) is 7. The van der Waals surface area contributed by atoms with E-state index in [1.54, 1.807) is 17.4 Å². The van der Waals surface area contributed by atoms with E-state index in [9.17, 15) is 18.8 Å². The number of aryl methyl sites for hydroxylation is 1. The van der Waals surface area contributed by atoms with Crippen LogP contribution in [0.3, 0.4) is 0 Å². The van der Waals surface area contributed by atoms with Crippen LogP contribution in [0.25, 0.3) is 0 Å². The average Bonchev–Trinajstić information content (AvgIpc) is 2.96. The monoisotopic (exact) mass is 812 g/mol. The maximum Gasteiger partial charge on any atom is 0.256 e. The summed E-state index contributed by atoms with van der Waals surface area (Å²) in [4.78, 5) is 49.8. The van der Waals surface area contributed by atoms with Crippen molar-refractivity contribution < 1.29 is 28.3 Å². The minimum atomic E-state index is -0.622. The van der Waals surface area contributed by atoms with E-state index in [4.69, 9.17) is 20.7 Å². The predicted octanol–water partition coefficient (Wildman–Crippen LogP) is 0.475. The van der Waals surface area contributed by atoms with Gasteiger partial charge in [-0.25, -0.2) is 4.39 Å². The summed E-state index contributed by atoms with van der Waals surface area (Å²) in [5.41, 5.74) is 12.3. The average molecular weight is 813 g/mol. The van der Waals surface area contributed by atoms with E-state index in [0.29, 0.717) is 24.4 Å².